The summed E-state index contributed by atoms with van der Waals surface area (Å²) in [6.07, 6.45) is 5.74. The summed E-state index contributed by atoms with van der Waals surface area (Å²) < 4.78 is 4.65. The first-order valence-electron chi connectivity index (χ1n) is 7.76. The molecule has 0 aliphatic heterocycles. The highest BCUT2D eigenvalue weighted by Crippen LogP contribution is 2.13. The summed E-state index contributed by atoms with van der Waals surface area (Å²) in [5.74, 6) is -0.0644. The van der Waals surface area contributed by atoms with Crippen molar-refractivity contribution >= 4 is 45.8 Å². The summed E-state index contributed by atoms with van der Waals surface area (Å²) in [5, 5.41) is 12.2. The van der Waals surface area contributed by atoms with Gasteiger partial charge in [-0.1, -0.05) is 23.7 Å². The molecule has 2 aromatic heterocycles. The highest BCUT2D eigenvalue weighted by atomic mass is 127. The van der Waals surface area contributed by atoms with Crippen LogP contribution in [0.15, 0.2) is 42.9 Å². The number of halogens is 2. The van der Waals surface area contributed by atoms with Gasteiger partial charge in [0.25, 0.3) is 0 Å². The molecule has 3 rings (SSSR count). The fraction of sp³-hybridized carbons (Fsp3) is 0.235. The van der Waals surface area contributed by atoms with Crippen molar-refractivity contribution in [1.29, 1.82) is 0 Å². The second-order valence-electron chi connectivity index (χ2n) is 5.68. The van der Waals surface area contributed by atoms with Gasteiger partial charge in [-0.05, 0) is 47.2 Å². The Morgan fingerprint density at radius 1 is 1.32 bits per heavy atom. The first-order valence-corrected chi connectivity index (χ1v) is 9.21. The van der Waals surface area contributed by atoms with Crippen molar-refractivity contribution in [3.05, 3.63) is 62.7 Å². The van der Waals surface area contributed by atoms with Crippen LogP contribution in [0.3, 0.4) is 0 Å². The van der Waals surface area contributed by atoms with Gasteiger partial charge < -0.3 is 5.32 Å². The van der Waals surface area contributed by atoms with Gasteiger partial charge in [-0.2, -0.15) is 10.2 Å². The second-order valence-corrected chi connectivity index (χ2v) is 7.28. The first kappa shape index (κ1) is 17.9. The number of hydrogen-bond donors (Lipinski definition) is 1. The van der Waals surface area contributed by atoms with Crippen molar-refractivity contribution in [3.8, 4) is 0 Å². The van der Waals surface area contributed by atoms with Gasteiger partial charge in [-0.3, -0.25) is 14.2 Å². The third kappa shape index (κ3) is 5.05. The summed E-state index contributed by atoms with van der Waals surface area (Å²) >= 11 is 8.22. The number of carbonyl (C=O) groups is 1. The third-order valence-electron chi connectivity index (χ3n) is 3.61. The molecule has 130 valence electrons. The maximum atomic E-state index is 12.1. The van der Waals surface area contributed by atoms with Crippen LogP contribution < -0.4 is 5.32 Å². The Labute approximate surface area is 164 Å². The van der Waals surface area contributed by atoms with Crippen molar-refractivity contribution in [2.24, 2.45) is 0 Å². The maximum Gasteiger partial charge on any atom is 0.226 e. The third-order valence-corrected chi connectivity index (χ3v) is 4.90. The van der Waals surface area contributed by atoms with Crippen molar-refractivity contribution in [2.45, 2.75) is 26.4 Å². The number of rotatable bonds is 6. The van der Waals surface area contributed by atoms with Crippen LogP contribution in [0.25, 0.3) is 0 Å². The SMILES string of the molecule is Cc1nn(CCC(=O)Nc2cnn(Cc3cccc(Cl)c3)c2)cc1I. The fourth-order valence-electron chi connectivity index (χ4n) is 2.38. The van der Waals surface area contributed by atoms with Crippen LogP contribution in [0, 0.1) is 10.5 Å². The molecule has 25 heavy (non-hydrogen) atoms. The summed E-state index contributed by atoms with van der Waals surface area (Å²) in [5.41, 5.74) is 2.71. The zero-order valence-corrected chi connectivity index (χ0v) is 16.5. The number of aryl methyl sites for hydroxylation is 2. The van der Waals surface area contributed by atoms with Gasteiger partial charge in [0.1, 0.15) is 0 Å². The number of benzene rings is 1. The number of anilines is 1. The van der Waals surface area contributed by atoms with E-state index in [9.17, 15) is 4.79 Å². The predicted molar refractivity (Wildman–Crippen MR) is 106 cm³/mol. The molecular weight excluding hydrogens is 453 g/mol. The highest BCUT2D eigenvalue weighted by Gasteiger charge is 2.07. The molecule has 0 spiro atoms. The van der Waals surface area contributed by atoms with Crippen molar-refractivity contribution in [1.82, 2.24) is 19.6 Å². The Morgan fingerprint density at radius 2 is 2.16 bits per heavy atom. The van der Waals surface area contributed by atoms with E-state index in [0.29, 0.717) is 30.2 Å². The molecule has 6 nitrogen and oxygen atoms in total. The van der Waals surface area contributed by atoms with E-state index in [1.165, 1.54) is 0 Å². The molecule has 1 aromatic carbocycles. The van der Waals surface area contributed by atoms with Crippen LogP contribution >= 0.6 is 34.2 Å². The van der Waals surface area contributed by atoms with Crippen LogP contribution in [-0.4, -0.2) is 25.5 Å². The Hall–Kier alpha value is -1.87. The van der Waals surface area contributed by atoms with Crippen LogP contribution in [0.4, 0.5) is 5.69 Å². The molecular formula is C17H17ClIN5O. The molecule has 1 N–H and O–H groups in total. The molecule has 0 radical (unpaired) electrons. The quantitative estimate of drug-likeness (QED) is 0.560. The lowest BCUT2D eigenvalue weighted by Crippen LogP contribution is -2.14. The molecule has 0 saturated carbocycles. The summed E-state index contributed by atoms with van der Waals surface area (Å²) in [6.45, 7) is 3.10. The molecule has 2 heterocycles. The van der Waals surface area contributed by atoms with E-state index < -0.39 is 0 Å². The normalized spacial score (nSPS) is 10.8. The van der Waals surface area contributed by atoms with Gasteiger partial charge in [0.15, 0.2) is 0 Å². The van der Waals surface area contributed by atoms with E-state index in [-0.39, 0.29) is 5.91 Å². The number of nitrogens with one attached hydrogen (secondary N) is 1. The highest BCUT2D eigenvalue weighted by molar-refractivity contribution is 14.1. The van der Waals surface area contributed by atoms with Gasteiger partial charge >= 0.3 is 0 Å². The summed E-state index contributed by atoms with van der Waals surface area (Å²) in [6, 6.07) is 7.62. The van der Waals surface area contributed by atoms with Crippen LogP contribution in [0.5, 0.6) is 0 Å². The zero-order chi connectivity index (χ0) is 17.8. The van der Waals surface area contributed by atoms with Gasteiger partial charge in [-0.25, -0.2) is 0 Å². The van der Waals surface area contributed by atoms with Crippen molar-refractivity contribution in [3.63, 3.8) is 0 Å². The Kier molecular flexibility index (Phi) is 5.74. The molecule has 0 saturated heterocycles. The second kappa shape index (κ2) is 8.01. The average molecular weight is 470 g/mol. The summed E-state index contributed by atoms with van der Waals surface area (Å²) in [7, 11) is 0. The molecule has 0 aliphatic carbocycles. The monoisotopic (exact) mass is 469 g/mol. The van der Waals surface area contributed by atoms with Crippen LogP contribution in [0.2, 0.25) is 5.02 Å². The Bertz CT molecular complexity index is 869. The lowest BCUT2D eigenvalue weighted by molar-refractivity contribution is -0.116. The minimum absolute atomic E-state index is 0.0644. The van der Waals surface area contributed by atoms with E-state index in [2.05, 4.69) is 38.1 Å². The predicted octanol–water partition coefficient (Wildman–Crippen LogP) is 3.72. The minimum atomic E-state index is -0.0644. The van der Waals surface area contributed by atoms with E-state index in [4.69, 9.17) is 11.6 Å². The van der Waals surface area contributed by atoms with E-state index >= 15 is 0 Å². The number of hydrogen-bond acceptors (Lipinski definition) is 3. The molecule has 0 fully saturated rings. The fourth-order valence-corrected chi connectivity index (χ4v) is 3.03. The van der Waals surface area contributed by atoms with Gasteiger partial charge in [0, 0.05) is 30.4 Å². The van der Waals surface area contributed by atoms with Gasteiger partial charge in [0.2, 0.25) is 5.91 Å². The van der Waals surface area contributed by atoms with Crippen molar-refractivity contribution < 1.29 is 4.79 Å². The van der Waals surface area contributed by atoms with Crippen LogP contribution in [-0.2, 0) is 17.9 Å². The van der Waals surface area contributed by atoms with Crippen LogP contribution in [0.1, 0.15) is 17.7 Å². The summed E-state index contributed by atoms with van der Waals surface area (Å²) in [4.78, 5) is 12.1. The number of nitrogens with zero attached hydrogens (tertiary/aromatic N) is 4. The lowest BCUT2D eigenvalue weighted by atomic mass is 10.2. The van der Waals surface area contributed by atoms with E-state index in [1.807, 2.05) is 37.4 Å². The number of carbonyl (C=O) groups excluding carboxylic acids is 1. The number of aromatic nitrogens is 4. The lowest BCUT2D eigenvalue weighted by Gasteiger charge is -2.03. The molecule has 8 heteroatoms. The smallest absolute Gasteiger partial charge is 0.226 e. The molecule has 0 bridgehead atoms. The largest absolute Gasteiger partial charge is 0.323 e. The van der Waals surface area contributed by atoms with E-state index in [1.54, 1.807) is 21.8 Å². The topological polar surface area (TPSA) is 64.7 Å². The number of amides is 1. The molecule has 0 aliphatic rings. The molecule has 0 atom stereocenters. The maximum absolute atomic E-state index is 12.1. The van der Waals surface area contributed by atoms with Crippen molar-refractivity contribution in [2.75, 3.05) is 5.32 Å². The van der Waals surface area contributed by atoms with Gasteiger partial charge in [-0.15, -0.1) is 0 Å². The van der Waals surface area contributed by atoms with Gasteiger partial charge in [0.05, 0.1) is 27.7 Å². The molecule has 3 aromatic rings. The minimum Gasteiger partial charge on any atom is -0.323 e. The van der Waals surface area contributed by atoms with E-state index in [0.717, 1.165) is 14.8 Å². The average Bonchev–Trinajstić information content (AvgIpc) is 3.12. The molecule has 1 amide bonds. The standard InChI is InChI=1S/C17H17ClIN5O/c1-12-16(19)11-23(22-12)6-5-17(25)21-15-8-20-24(10-15)9-13-3-2-4-14(18)7-13/h2-4,7-8,10-11H,5-6,9H2,1H3,(H,21,25). The molecule has 0 unspecified atom stereocenters. The Balaban J connectivity index is 1.53. The first-order chi connectivity index (χ1) is 12.0. The Morgan fingerprint density at radius 3 is 2.88 bits per heavy atom. The zero-order valence-electron chi connectivity index (χ0n) is 13.6.